The Morgan fingerprint density at radius 3 is 2.29 bits per heavy atom. The van der Waals surface area contributed by atoms with Gasteiger partial charge in [-0.05, 0) is 45.4 Å². The molecule has 1 fully saturated rings. The van der Waals surface area contributed by atoms with E-state index in [1.807, 2.05) is 34.6 Å². The highest BCUT2D eigenvalue weighted by molar-refractivity contribution is 5.86. The maximum Gasteiger partial charge on any atom is 0.329 e. The maximum atomic E-state index is 12.4. The first-order chi connectivity index (χ1) is 9.60. The number of nitrogens with one attached hydrogen (secondary N) is 1. The van der Waals surface area contributed by atoms with Gasteiger partial charge in [-0.1, -0.05) is 33.6 Å². The Morgan fingerprint density at radius 1 is 1.19 bits per heavy atom. The molecule has 0 bridgehead atoms. The minimum Gasteiger partial charge on any atom is -0.458 e. The van der Waals surface area contributed by atoms with Gasteiger partial charge in [-0.25, -0.2) is 4.79 Å². The Bertz CT molecular complexity index is 371. The summed E-state index contributed by atoms with van der Waals surface area (Å²) in [6, 6.07) is -0.561. The summed E-state index contributed by atoms with van der Waals surface area (Å²) >= 11 is 0. The van der Waals surface area contributed by atoms with Crippen LogP contribution in [0.4, 0.5) is 0 Å². The molecule has 1 aliphatic carbocycles. The van der Waals surface area contributed by atoms with Crippen molar-refractivity contribution in [1.82, 2.24) is 5.32 Å². The van der Waals surface area contributed by atoms with E-state index in [9.17, 15) is 9.59 Å². The Labute approximate surface area is 129 Å². The molecular formula is C17H31NO3. The molecule has 0 spiro atoms. The zero-order chi connectivity index (χ0) is 16.2. The van der Waals surface area contributed by atoms with Gasteiger partial charge in [0.25, 0.3) is 0 Å². The summed E-state index contributed by atoms with van der Waals surface area (Å²) in [5.74, 6) is 0.316. The third-order valence-electron chi connectivity index (χ3n) is 3.93. The molecule has 4 nitrogen and oxygen atoms in total. The van der Waals surface area contributed by atoms with E-state index in [1.54, 1.807) is 0 Å². The molecule has 3 atom stereocenters. The third-order valence-corrected chi connectivity index (χ3v) is 3.93. The van der Waals surface area contributed by atoms with Crippen molar-refractivity contribution >= 4 is 11.9 Å². The molecule has 0 saturated heterocycles. The van der Waals surface area contributed by atoms with Gasteiger partial charge in [0.2, 0.25) is 5.91 Å². The second-order valence-corrected chi connectivity index (χ2v) is 7.73. The second-order valence-electron chi connectivity index (χ2n) is 7.73. The number of hydrogen-bond acceptors (Lipinski definition) is 3. The van der Waals surface area contributed by atoms with Crippen LogP contribution in [0, 0.1) is 17.8 Å². The van der Waals surface area contributed by atoms with Crippen LogP contribution in [0.25, 0.3) is 0 Å². The van der Waals surface area contributed by atoms with Gasteiger partial charge >= 0.3 is 5.97 Å². The molecular weight excluding hydrogens is 266 g/mol. The van der Waals surface area contributed by atoms with E-state index in [4.69, 9.17) is 4.74 Å². The molecule has 1 unspecified atom stereocenters. The average Bonchev–Trinajstić information content (AvgIpc) is 2.32. The summed E-state index contributed by atoms with van der Waals surface area (Å²) < 4.78 is 5.42. The van der Waals surface area contributed by atoms with Gasteiger partial charge in [-0.15, -0.1) is 0 Å². The van der Waals surface area contributed by atoms with Crippen LogP contribution < -0.4 is 5.32 Å². The Kier molecular flexibility index (Phi) is 6.24. The highest BCUT2D eigenvalue weighted by Gasteiger charge is 2.32. The van der Waals surface area contributed by atoms with E-state index in [1.165, 1.54) is 6.42 Å². The molecule has 1 amide bonds. The van der Waals surface area contributed by atoms with Crippen LogP contribution in [-0.4, -0.2) is 23.5 Å². The van der Waals surface area contributed by atoms with Gasteiger partial charge in [0, 0.05) is 5.92 Å². The van der Waals surface area contributed by atoms with Crippen molar-refractivity contribution in [1.29, 1.82) is 0 Å². The summed E-state index contributed by atoms with van der Waals surface area (Å²) in [6.45, 7) is 11.6. The smallest absolute Gasteiger partial charge is 0.329 e. The highest BCUT2D eigenvalue weighted by atomic mass is 16.6. The van der Waals surface area contributed by atoms with E-state index < -0.39 is 11.6 Å². The number of carbonyl (C=O) groups excluding carboxylic acids is 2. The topological polar surface area (TPSA) is 55.4 Å². The summed E-state index contributed by atoms with van der Waals surface area (Å²) in [7, 11) is 0. The van der Waals surface area contributed by atoms with E-state index in [0.29, 0.717) is 5.92 Å². The van der Waals surface area contributed by atoms with Crippen LogP contribution in [0.2, 0.25) is 0 Å². The first kappa shape index (κ1) is 18.0. The van der Waals surface area contributed by atoms with Crippen LogP contribution >= 0.6 is 0 Å². The van der Waals surface area contributed by atoms with E-state index >= 15 is 0 Å². The molecule has 1 aliphatic rings. The fraction of sp³-hybridized carbons (Fsp3) is 0.882. The largest absolute Gasteiger partial charge is 0.458 e. The Hall–Kier alpha value is -1.06. The number of esters is 1. The number of hydrogen-bond donors (Lipinski definition) is 1. The molecule has 21 heavy (non-hydrogen) atoms. The molecule has 0 aromatic carbocycles. The van der Waals surface area contributed by atoms with Crippen LogP contribution in [0.15, 0.2) is 0 Å². The fourth-order valence-electron chi connectivity index (χ4n) is 2.81. The Morgan fingerprint density at radius 2 is 1.81 bits per heavy atom. The van der Waals surface area contributed by atoms with Crippen molar-refractivity contribution in [3.63, 3.8) is 0 Å². The monoisotopic (exact) mass is 297 g/mol. The molecule has 1 rings (SSSR count). The van der Waals surface area contributed by atoms with Crippen molar-refractivity contribution in [2.45, 2.75) is 78.9 Å². The maximum absolute atomic E-state index is 12.4. The fourth-order valence-corrected chi connectivity index (χ4v) is 2.81. The van der Waals surface area contributed by atoms with Crippen molar-refractivity contribution in [3.8, 4) is 0 Å². The van der Waals surface area contributed by atoms with Crippen LogP contribution in [0.5, 0.6) is 0 Å². The normalized spacial score (nSPS) is 24.5. The number of ether oxygens (including phenoxy) is 1. The summed E-state index contributed by atoms with van der Waals surface area (Å²) in [5, 5.41) is 2.92. The zero-order valence-corrected chi connectivity index (χ0v) is 14.4. The van der Waals surface area contributed by atoms with E-state index in [2.05, 4.69) is 12.2 Å². The molecule has 0 aliphatic heterocycles. The lowest BCUT2D eigenvalue weighted by molar-refractivity contribution is -0.160. The van der Waals surface area contributed by atoms with Crippen molar-refractivity contribution in [3.05, 3.63) is 0 Å². The Balaban J connectivity index is 2.65. The summed E-state index contributed by atoms with van der Waals surface area (Å²) in [5.41, 5.74) is -0.533. The molecule has 1 N–H and O–H groups in total. The lowest BCUT2D eigenvalue weighted by Gasteiger charge is -2.30. The predicted molar refractivity (Wildman–Crippen MR) is 83.7 cm³/mol. The zero-order valence-electron chi connectivity index (χ0n) is 14.4. The van der Waals surface area contributed by atoms with Crippen molar-refractivity contribution in [2.24, 2.45) is 17.8 Å². The average molecular weight is 297 g/mol. The minimum absolute atomic E-state index is 0.00566. The number of rotatable bonds is 4. The summed E-state index contributed by atoms with van der Waals surface area (Å²) in [6.07, 6.45) is 4.14. The van der Waals surface area contributed by atoms with Gasteiger partial charge in [0.15, 0.2) is 0 Å². The van der Waals surface area contributed by atoms with E-state index in [-0.39, 0.29) is 23.7 Å². The van der Waals surface area contributed by atoms with Crippen LogP contribution in [-0.2, 0) is 14.3 Å². The molecule has 0 radical (unpaired) electrons. The van der Waals surface area contributed by atoms with Crippen LogP contribution in [0.1, 0.15) is 67.2 Å². The third kappa shape index (κ3) is 6.06. The molecule has 0 heterocycles. The quantitative estimate of drug-likeness (QED) is 0.810. The standard InChI is InChI=1S/C17H31NO3/c1-11(2)14(16(20)21-17(4,5)6)18-15(19)13-9-7-8-12(3)10-13/h11-14H,7-10H2,1-6H3,(H,18,19)/t12?,13-,14+/m1/s1. The van der Waals surface area contributed by atoms with Gasteiger partial charge in [-0.3, -0.25) is 4.79 Å². The minimum atomic E-state index is -0.561. The first-order valence-electron chi connectivity index (χ1n) is 8.13. The van der Waals surface area contributed by atoms with Gasteiger partial charge in [0.05, 0.1) is 0 Å². The van der Waals surface area contributed by atoms with Crippen molar-refractivity contribution < 1.29 is 14.3 Å². The molecule has 4 heteroatoms. The van der Waals surface area contributed by atoms with E-state index in [0.717, 1.165) is 19.3 Å². The number of carbonyl (C=O) groups is 2. The molecule has 1 saturated carbocycles. The van der Waals surface area contributed by atoms with Gasteiger partial charge in [-0.2, -0.15) is 0 Å². The van der Waals surface area contributed by atoms with Gasteiger partial charge < -0.3 is 10.1 Å². The van der Waals surface area contributed by atoms with Crippen LogP contribution in [0.3, 0.4) is 0 Å². The molecule has 122 valence electrons. The second kappa shape index (κ2) is 7.28. The summed E-state index contributed by atoms with van der Waals surface area (Å²) in [4.78, 5) is 24.7. The lowest BCUT2D eigenvalue weighted by atomic mass is 9.82. The predicted octanol–water partition coefficient (Wildman–Crippen LogP) is 3.30. The SMILES string of the molecule is CC1CCC[C@@H](C(=O)N[C@H](C(=O)OC(C)(C)C)C(C)C)C1. The van der Waals surface area contributed by atoms with Gasteiger partial charge in [0.1, 0.15) is 11.6 Å². The molecule has 0 aromatic heterocycles. The van der Waals surface area contributed by atoms with Crippen molar-refractivity contribution in [2.75, 3.05) is 0 Å². The molecule has 0 aromatic rings. The highest BCUT2D eigenvalue weighted by Crippen LogP contribution is 2.29. The number of amides is 1. The first-order valence-corrected chi connectivity index (χ1v) is 8.13. The lowest BCUT2D eigenvalue weighted by Crippen LogP contribution is -2.49.